The Morgan fingerprint density at radius 1 is 1.11 bits per heavy atom. The van der Waals surface area contributed by atoms with E-state index in [2.05, 4.69) is 88.4 Å². The number of halogens is 1. The van der Waals surface area contributed by atoms with Gasteiger partial charge in [-0.15, -0.1) is 0 Å². The number of benzene rings is 2. The summed E-state index contributed by atoms with van der Waals surface area (Å²) < 4.78 is 1.08. The summed E-state index contributed by atoms with van der Waals surface area (Å²) in [5.74, 6) is 0.507. The number of nitrogens with zero attached hydrogens (tertiary/aromatic N) is 2. The molecule has 0 amide bonds. The quantitative estimate of drug-likeness (QED) is 0.471. The van der Waals surface area contributed by atoms with E-state index < -0.39 is 0 Å². The van der Waals surface area contributed by atoms with Gasteiger partial charge in [-0.1, -0.05) is 71.7 Å². The van der Waals surface area contributed by atoms with E-state index >= 15 is 0 Å². The molecule has 1 fully saturated rings. The molecule has 0 heterocycles. The normalized spacial score (nSPS) is 16.5. The standard InChI is InChI=1S/C24H29BrN2/c1-2-27(18-20-8-4-3-5-9-20)17-7-16-24(19-26,21-10-6-11-21)22-12-14-23(25)15-13-22/h3-5,8-9,12-15,21H,2,6-7,10-11,16-18H2,1H3. The molecule has 1 aliphatic rings. The molecule has 1 unspecified atom stereocenters. The van der Waals surface area contributed by atoms with Gasteiger partial charge in [0.25, 0.3) is 0 Å². The van der Waals surface area contributed by atoms with Crippen molar-refractivity contribution < 1.29 is 0 Å². The summed E-state index contributed by atoms with van der Waals surface area (Å²) in [6.45, 7) is 5.29. The molecule has 2 aromatic carbocycles. The highest BCUT2D eigenvalue weighted by Crippen LogP contribution is 2.47. The van der Waals surface area contributed by atoms with E-state index in [1.807, 2.05) is 0 Å². The minimum Gasteiger partial charge on any atom is -0.299 e. The van der Waals surface area contributed by atoms with Gasteiger partial charge in [0.15, 0.2) is 0 Å². The Morgan fingerprint density at radius 2 is 1.81 bits per heavy atom. The Hall–Kier alpha value is -1.63. The average molecular weight is 425 g/mol. The Bertz CT molecular complexity index is 746. The van der Waals surface area contributed by atoms with Gasteiger partial charge in [0.05, 0.1) is 11.5 Å². The summed E-state index contributed by atoms with van der Waals surface area (Å²) in [4.78, 5) is 2.49. The first-order valence-electron chi connectivity index (χ1n) is 10.1. The van der Waals surface area contributed by atoms with Crippen LogP contribution in [0.15, 0.2) is 59.1 Å². The van der Waals surface area contributed by atoms with Gasteiger partial charge in [-0.3, -0.25) is 4.90 Å². The molecule has 1 aliphatic carbocycles. The van der Waals surface area contributed by atoms with E-state index in [0.29, 0.717) is 5.92 Å². The highest BCUT2D eigenvalue weighted by atomic mass is 79.9. The summed E-state index contributed by atoms with van der Waals surface area (Å²) >= 11 is 3.53. The molecule has 0 bridgehead atoms. The molecule has 1 saturated carbocycles. The highest BCUT2D eigenvalue weighted by molar-refractivity contribution is 9.10. The third kappa shape index (κ3) is 4.81. The molecule has 0 spiro atoms. The summed E-state index contributed by atoms with van der Waals surface area (Å²) in [7, 11) is 0. The van der Waals surface area contributed by atoms with E-state index in [0.717, 1.165) is 36.9 Å². The van der Waals surface area contributed by atoms with E-state index in [1.165, 1.54) is 30.4 Å². The zero-order valence-corrected chi connectivity index (χ0v) is 17.8. The first-order chi connectivity index (χ1) is 13.2. The summed E-state index contributed by atoms with van der Waals surface area (Å²) in [6.07, 6.45) is 5.64. The van der Waals surface area contributed by atoms with Crippen molar-refractivity contribution in [3.63, 3.8) is 0 Å². The number of hydrogen-bond acceptors (Lipinski definition) is 2. The monoisotopic (exact) mass is 424 g/mol. The molecule has 2 nitrogen and oxygen atoms in total. The average Bonchev–Trinajstić information content (AvgIpc) is 2.66. The van der Waals surface area contributed by atoms with Crippen LogP contribution in [0, 0.1) is 17.2 Å². The van der Waals surface area contributed by atoms with Crippen LogP contribution in [-0.2, 0) is 12.0 Å². The van der Waals surface area contributed by atoms with Crippen LogP contribution in [0.4, 0.5) is 0 Å². The third-order valence-electron chi connectivity index (χ3n) is 6.10. The Kier molecular flexibility index (Phi) is 7.10. The van der Waals surface area contributed by atoms with Gasteiger partial charge in [0.1, 0.15) is 0 Å². The van der Waals surface area contributed by atoms with Gasteiger partial charge >= 0.3 is 0 Å². The second-order valence-corrected chi connectivity index (χ2v) is 8.59. The first kappa shape index (κ1) is 20.1. The van der Waals surface area contributed by atoms with Crippen LogP contribution in [0.1, 0.15) is 50.2 Å². The second-order valence-electron chi connectivity index (χ2n) is 7.68. The smallest absolute Gasteiger partial charge is 0.0850 e. The Balaban J connectivity index is 1.67. The topological polar surface area (TPSA) is 27.0 Å². The lowest BCUT2D eigenvalue weighted by Crippen LogP contribution is -2.39. The van der Waals surface area contributed by atoms with Crippen molar-refractivity contribution in [3.05, 3.63) is 70.2 Å². The fraction of sp³-hybridized carbons (Fsp3) is 0.458. The molecule has 1 atom stereocenters. The fourth-order valence-electron chi connectivity index (χ4n) is 4.22. The predicted octanol–water partition coefficient (Wildman–Crippen LogP) is 6.31. The van der Waals surface area contributed by atoms with Crippen LogP contribution < -0.4 is 0 Å². The lowest BCUT2D eigenvalue weighted by Gasteiger charge is -2.41. The maximum atomic E-state index is 10.2. The van der Waals surface area contributed by atoms with Crippen molar-refractivity contribution in [1.29, 1.82) is 5.26 Å². The third-order valence-corrected chi connectivity index (χ3v) is 6.63. The molecule has 2 aromatic rings. The zero-order chi connectivity index (χ0) is 19.1. The van der Waals surface area contributed by atoms with Crippen LogP contribution in [0.3, 0.4) is 0 Å². The minimum absolute atomic E-state index is 0.328. The molecule has 0 radical (unpaired) electrons. The van der Waals surface area contributed by atoms with Crippen LogP contribution in [0.2, 0.25) is 0 Å². The maximum Gasteiger partial charge on any atom is 0.0850 e. The van der Waals surface area contributed by atoms with Gasteiger partial charge in [0, 0.05) is 11.0 Å². The van der Waals surface area contributed by atoms with Crippen LogP contribution in [-0.4, -0.2) is 18.0 Å². The molecule has 0 saturated heterocycles. The van der Waals surface area contributed by atoms with Crippen LogP contribution >= 0.6 is 15.9 Å². The summed E-state index contributed by atoms with van der Waals surface area (Å²) in [5, 5.41) is 10.2. The Morgan fingerprint density at radius 3 is 2.37 bits per heavy atom. The van der Waals surface area contributed by atoms with Crippen molar-refractivity contribution in [2.45, 2.75) is 51.0 Å². The van der Waals surface area contributed by atoms with E-state index in [9.17, 15) is 5.26 Å². The lowest BCUT2D eigenvalue weighted by atomic mass is 9.61. The molecular weight excluding hydrogens is 396 g/mol. The fourth-order valence-corrected chi connectivity index (χ4v) is 4.48. The van der Waals surface area contributed by atoms with Crippen molar-refractivity contribution in [1.82, 2.24) is 4.90 Å². The van der Waals surface area contributed by atoms with Gasteiger partial charge in [-0.2, -0.15) is 5.26 Å². The van der Waals surface area contributed by atoms with Crippen molar-refractivity contribution in [2.75, 3.05) is 13.1 Å². The number of hydrogen-bond donors (Lipinski definition) is 0. The van der Waals surface area contributed by atoms with Gasteiger partial charge in [-0.25, -0.2) is 0 Å². The molecule has 0 aliphatic heterocycles. The van der Waals surface area contributed by atoms with E-state index in [-0.39, 0.29) is 5.41 Å². The summed E-state index contributed by atoms with van der Waals surface area (Å²) in [5.41, 5.74) is 2.23. The molecule has 142 valence electrons. The van der Waals surface area contributed by atoms with Gasteiger partial charge in [0.2, 0.25) is 0 Å². The maximum absolute atomic E-state index is 10.2. The van der Waals surface area contributed by atoms with Gasteiger partial charge in [-0.05, 0) is 68.0 Å². The molecule has 0 aromatic heterocycles. The molecule has 3 rings (SSSR count). The molecule has 3 heteroatoms. The zero-order valence-electron chi connectivity index (χ0n) is 16.2. The lowest BCUT2D eigenvalue weighted by molar-refractivity contribution is 0.184. The molecule has 0 N–H and O–H groups in total. The first-order valence-corrected chi connectivity index (χ1v) is 10.9. The van der Waals surface area contributed by atoms with E-state index in [4.69, 9.17) is 0 Å². The second kappa shape index (κ2) is 9.53. The van der Waals surface area contributed by atoms with Crippen molar-refractivity contribution >= 4 is 15.9 Å². The molecular formula is C24H29BrN2. The Labute approximate surface area is 172 Å². The number of rotatable bonds is 9. The SMILES string of the molecule is CCN(CCCC(C#N)(c1ccc(Br)cc1)C1CCC1)Cc1ccccc1. The van der Waals surface area contributed by atoms with Crippen molar-refractivity contribution in [3.8, 4) is 6.07 Å². The van der Waals surface area contributed by atoms with Crippen LogP contribution in [0.5, 0.6) is 0 Å². The van der Waals surface area contributed by atoms with E-state index in [1.54, 1.807) is 0 Å². The van der Waals surface area contributed by atoms with Crippen LogP contribution in [0.25, 0.3) is 0 Å². The largest absolute Gasteiger partial charge is 0.299 e. The van der Waals surface area contributed by atoms with Crippen molar-refractivity contribution in [2.24, 2.45) is 5.92 Å². The molecule has 27 heavy (non-hydrogen) atoms. The van der Waals surface area contributed by atoms with Gasteiger partial charge < -0.3 is 0 Å². The predicted molar refractivity (Wildman–Crippen MR) is 115 cm³/mol. The highest BCUT2D eigenvalue weighted by Gasteiger charge is 2.43. The number of nitriles is 1. The summed E-state index contributed by atoms with van der Waals surface area (Å²) in [6, 6.07) is 21.9. The minimum atomic E-state index is -0.328.